The molecule has 0 atom stereocenters. The second kappa shape index (κ2) is 8.78. The van der Waals surface area contributed by atoms with Crippen LogP contribution in [0.5, 0.6) is 11.5 Å². The summed E-state index contributed by atoms with van der Waals surface area (Å²) in [6, 6.07) is 10.4. The number of hydrogen-bond donors (Lipinski definition) is 2. The van der Waals surface area contributed by atoms with Crippen molar-refractivity contribution in [1.82, 2.24) is 4.98 Å². The molecule has 0 unspecified atom stereocenters. The zero-order chi connectivity index (χ0) is 16.5. The number of carbonyl (C=O) groups excluding carboxylic acids is 1. The van der Waals surface area contributed by atoms with Gasteiger partial charge in [0.1, 0.15) is 11.5 Å². The van der Waals surface area contributed by atoms with Gasteiger partial charge in [0.05, 0.1) is 6.61 Å². The van der Waals surface area contributed by atoms with Crippen molar-refractivity contribution < 1.29 is 14.6 Å². The standard InChI is InChI=1S/C18H22N2O3/c1-14-12-15(9-10-19-14)20-18(22)8-3-2-4-11-23-17-7-5-6-16(21)13-17/h5-7,9-10,12-13,21H,2-4,8,11H2,1H3,(H,19,20,22). The Morgan fingerprint density at radius 3 is 2.87 bits per heavy atom. The van der Waals surface area contributed by atoms with Crippen molar-refractivity contribution in [3.8, 4) is 11.5 Å². The lowest BCUT2D eigenvalue weighted by Gasteiger charge is -2.07. The largest absolute Gasteiger partial charge is 0.508 e. The molecule has 5 heteroatoms. The molecule has 2 rings (SSSR count). The fourth-order valence-corrected chi connectivity index (χ4v) is 2.17. The molecule has 1 amide bonds. The molecule has 0 spiro atoms. The first kappa shape index (κ1) is 16.8. The van der Waals surface area contributed by atoms with Gasteiger partial charge in [0, 0.05) is 30.1 Å². The van der Waals surface area contributed by atoms with Gasteiger partial charge in [0.15, 0.2) is 0 Å². The van der Waals surface area contributed by atoms with Crippen LogP contribution in [0.15, 0.2) is 42.6 Å². The smallest absolute Gasteiger partial charge is 0.224 e. The number of hydrogen-bond acceptors (Lipinski definition) is 4. The van der Waals surface area contributed by atoms with Crippen molar-refractivity contribution in [2.75, 3.05) is 11.9 Å². The minimum absolute atomic E-state index is 0.0181. The second-order valence-corrected chi connectivity index (χ2v) is 5.39. The third kappa shape index (κ3) is 6.38. The molecule has 1 heterocycles. The molecular weight excluding hydrogens is 292 g/mol. The summed E-state index contributed by atoms with van der Waals surface area (Å²) >= 11 is 0. The maximum absolute atomic E-state index is 11.8. The second-order valence-electron chi connectivity index (χ2n) is 5.39. The normalized spacial score (nSPS) is 10.3. The zero-order valence-electron chi connectivity index (χ0n) is 13.3. The summed E-state index contributed by atoms with van der Waals surface area (Å²) in [5.74, 6) is 0.880. The SMILES string of the molecule is Cc1cc(NC(=O)CCCCCOc2cccc(O)c2)ccn1. The number of rotatable bonds is 8. The number of carbonyl (C=O) groups is 1. The fourth-order valence-electron chi connectivity index (χ4n) is 2.17. The van der Waals surface area contributed by atoms with Gasteiger partial charge in [-0.3, -0.25) is 9.78 Å². The van der Waals surface area contributed by atoms with E-state index in [9.17, 15) is 9.90 Å². The van der Waals surface area contributed by atoms with Gasteiger partial charge in [-0.1, -0.05) is 6.07 Å². The van der Waals surface area contributed by atoms with E-state index >= 15 is 0 Å². The number of aryl methyl sites for hydroxylation is 1. The van der Waals surface area contributed by atoms with Gasteiger partial charge in [-0.2, -0.15) is 0 Å². The van der Waals surface area contributed by atoms with E-state index in [1.807, 2.05) is 19.1 Å². The summed E-state index contributed by atoms with van der Waals surface area (Å²) in [5.41, 5.74) is 1.67. The average Bonchev–Trinajstić information content (AvgIpc) is 2.51. The number of phenolic OH excluding ortho intramolecular Hbond substituents is 1. The van der Waals surface area contributed by atoms with E-state index in [2.05, 4.69) is 10.3 Å². The van der Waals surface area contributed by atoms with E-state index < -0.39 is 0 Å². The average molecular weight is 314 g/mol. The maximum Gasteiger partial charge on any atom is 0.224 e. The van der Waals surface area contributed by atoms with Crippen LogP contribution in [0.3, 0.4) is 0 Å². The predicted molar refractivity (Wildman–Crippen MR) is 89.7 cm³/mol. The first-order valence-electron chi connectivity index (χ1n) is 7.78. The molecule has 0 saturated carbocycles. The summed E-state index contributed by atoms with van der Waals surface area (Å²) in [6.07, 6.45) is 4.79. The molecule has 0 fully saturated rings. The van der Waals surface area contributed by atoms with Crippen molar-refractivity contribution in [1.29, 1.82) is 0 Å². The molecule has 23 heavy (non-hydrogen) atoms. The molecule has 1 aromatic carbocycles. The van der Waals surface area contributed by atoms with Crippen LogP contribution in [0.2, 0.25) is 0 Å². The highest BCUT2D eigenvalue weighted by Gasteiger charge is 2.03. The number of phenols is 1. The van der Waals surface area contributed by atoms with Gasteiger partial charge in [0.25, 0.3) is 0 Å². The molecule has 0 bridgehead atoms. The highest BCUT2D eigenvalue weighted by Crippen LogP contribution is 2.18. The first-order valence-corrected chi connectivity index (χ1v) is 7.78. The van der Waals surface area contributed by atoms with E-state index in [0.29, 0.717) is 18.8 Å². The number of aromatic nitrogens is 1. The Hall–Kier alpha value is -2.56. The lowest BCUT2D eigenvalue weighted by Crippen LogP contribution is -2.11. The Morgan fingerprint density at radius 2 is 2.09 bits per heavy atom. The number of benzene rings is 1. The summed E-state index contributed by atoms with van der Waals surface area (Å²) in [5, 5.41) is 12.2. The Labute approximate surface area is 136 Å². The number of nitrogens with zero attached hydrogens (tertiary/aromatic N) is 1. The van der Waals surface area contributed by atoms with Gasteiger partial charge in [-0.25, -0.2) is 0 Å². The number of aromatic hydroxyl groups is 1. The summed E-state index contributed by atoms with van der Waals surface area (Å²) < 4.78 is 5.54. The Morgan fingerprint density at radius 1 is 1.22 bits per heavy atom. The van der Waals surface area contributed by atoms with Crippen LogP contribution in [-0.4, -0.2) is 22.6 Å². The van der Waals surface area contributed by atoms with E-state index in [-0.39, 0.29) is 11.7 Å². The van der Waals surface area contributed by atoms with Gasteiger partial charge in [-0.05, 0) is 50.5 Å². The number of pyridine rings is 1. The van der Waals surface area contributed by atoms with Crippen molar-refractivity contribution in [3.63, 3.8) is 0 Å². The number of unbranched alkanes of at least 4 members (excludes halogenated alkanes) is 2. The van der Waals surface area contributed by atoms with Crippen molar-refractivity contribution >= 4 is 11.6 Å². The van der Waals surface area contributed by atoms with Crippen LogP contribution >= 0.6 is 0 Å². The number of nitrogens with one attached hydrogen (secondary N) is 1. The van der Waals surface area contributed by atoms with Crippen LogP contribution in [0.1, 0.15) is 31.4 Å². The fraction of sp³-hybridized carbons (Fsp3) is 0.333. The molecule has 1 aromatic heterocycles. The summed E-state index contributed by atoms with van der Waals surface area (Å²) in [6.45, 7) is 2.47. The zero-order valence-corrected chi connectivity index (χ0v) is 13.3. The predicted octanol–water partition coefficient (Wildman–Crippen LogP) is 3.67. The third-order valence-corrected chi connectivity index (χ3v) is 3.31. The van der Waals surface area contributed by atoms with Crippen molar-refractivity contribution in [3.05, 3.63) is 48.3 Å². The first-order chi connectivity index (χ1) is 11.1. The van der Waals surface area contributed by atoms with Crippen LogP contribution in [-0.2, 0) is 4.79 Å². The van der Waals surface area contributed by atoms with E-state index in [1.165, 1.54) is 0 Å². The maximum atomic E-state index is 11.8. The quantitative estimate of drug-likeness (QED) is 0.729. The molecule has 0 aliphatic rings. The van der Waals surface area contributed by atoms with Gasteiger partial charge < -0.3 is 15.2 Å². The lowest BCUT2D eigenvalue weighted by atomic mass is 10.2. The molecule has 2 aromatic rings. The van der Waals surface area contributed by atoms with E-state index in [4.69, 9.17) is 4.74 Å². The molecule has 122 valence electrons. The summed E-state index contributed by atoms with van der Waals surface area (Å²) in [7, 11) is 0. The highest BCUT2D eigenvalue weighted by atomic mass is 16.5. The van der Waals surface area contributed by atoms with Crippen molar-refractivity contribution in [2.24, 2.45) is 0 Å². The molecule has 2 N–H and O–H groups in total. The van der Waals surface area contributed by atoms with Crippen LogP contribution in [0, 0.1) is 6.92 Å². The summed E-state index contributed by atoms with van der Waals surface area (Å²) in [4.78, 5) is 15.9. The number of ether oxygens (including phenoxy) is 1. The van der Waals surface area contributed by atoms with E-state index in [1.54, 1.807) is 30.5 Å². The topological polar surface area (TPSA) is 71.5 Å². The molecule has 0 aliphatic carbocycles. The molecular formula is C18H22N2O3. The third-order valence-electron chi connectivity index (χ3n) is 3.31. The van der Waals surface area contributed by atoms with Crippen LogP contribution in [0.4, 0.5) is 5.69 Å². The van der Waals surface area contributed by atoms with Crippen LogP contribution < -0.4 is 10.1 Å². The molecule has 0 radical (unpaired) electrons. The molecule has 0 saturated heterocycles. The minimum atomic E-state index is 0.0181. The van der Waals surface area contributed by atoms with Gasteiger partial charge in [0.2, 0.25) is 5.91 Å². The lowest BCUT2D eigenvalue weighted by molar-refractivity contribution is -0.116. The van der Waals surface area contributed by atoms with E-state index in [0.717, 1.165) is 30.6 Å². The minimum Gasteiger partial charge on any atom is -0.508 e. The van der Waals surface area contributed by atoms with Gasteiger partial charge in [-0.15, -0.1) is 0 Å². The van der Waals surface area contributed by atoms with Crippen LogP contribution in [0.25, 0.3) is 0 Å². The van der Waals surface area contributed by atoms with Gasteiger partial charge >= 0.3 is 0 Å². The molecule has 0 aliphatic heterocycles. The highest BCUT2D eigenvalue weighted by molar-refractivity contribution is 5.90. The Kier molecular flexibility index (Phi) is 6.41. The van der Waals surface area contributed by atoms with Crippen molar-refractivity contribution in [2.45, 2.75) is 32.6 Å². The molecule has 5 nitrogen and oxygen atoms in total. The Balaban J connectivity index is 1.57. The number of anilines is 1. The Bertz CT molecular complexity index is 644. The monoisotopic (exact) mass is 314 g/mol. The number of amides is 1.